The van der Waals surface area contributed by atoms with Gasteiger partial charge in [0.1, 0.15) is 18.1 Å². The van der Waals surface area contributed by atoms with Crippen molar-refractivity contribution >= 4 is 41.5 Å². The van der Waals surface area contributed by atoms with Gasteiger partial charge in [-0.2, -0.15) is 0 Å². The predicted octanol–water partition coefficient (Wildman–Crippen LogP) is -3.68. The lowest BCUT2D eigenvalue weighted by atomic mass is 10.0. The Balaban J connectivity index is 2.99. The van der Waals surface area contributed by atoms with Crippen LogP contribution in [0.5, 0.6) is 0 Å². The fourth-order valence-electron chi connectivity index (χ4n) is 2.98. The molecule has 0 aliphatic rings. The van der Waals surface area contributed by atoms with Gasteiger partial charge < -0.3 is 43.4 Å². The lowest BCUT2D eigenvalue weighted by Crippen LogP contribution is -2.58. The predicted molar refractivity (Wildman–Crippen MR) is 121 cm³/mol. The zero-order valence-electron chi connectivity index (χ0n) is 19.0. The van der Waals surface area contributed by atoms with Gasteiger partial charge in [-0.25, -0.2) is 4.79 Å². The minimum absolute atomic E-state index is 0.0806. The number of primary amides is 2. The van der Waals surface area contributed by atoms with E-state index in [-0.39, 0.29) is 6.42 Å². The Hall–Kier alpha value is -4.53. The van der Waals surface area contributed by atoms with Crippen molar-refractivity contribution in [1.29, 1.82) is 0 Å². The highest BCUT2D eigenvalue weighted by molar-refractivity contribution is 5.97. The van der Waals surface area contributed by atoms with Crippen LogP contribution in [0.3, 0.4) is 0 Å². The van der Waals surface area contributed by atoms with Crippen molar-refractivity contribution in [3.05, 3.63) is 35.9 Å². The molecule has 0 saturated carbocycles. The first kappa shape index (κ1) is 29.5. The molecule has 0 saturated heterocycles. The van der Waals surface area contributed by atoms with E-state index in [0.717, 1.165) is 0 Å². The summed E-state index contributed by atoms with van der Waals surface area (Å²) < 4.78 is 0. The van der Waals surface area contributed by atoms with Gasteiger partial charge in [-0.15, -0.1) is 0 Å². The first-order valence-electron chi connectivity index (χ1n) is 10.5. The van der Waals surface area contributed by atoms with E-state index in [9.17, 15) is 33.6 Å². The second-order valence-electron chi connectivity index (χ2n) is 7.76. The standard InChI is InChI=1S/C21H28N6O9/c22-11(6-10-4-2-1-3-5-10)18(32)25-13(9-17(30)31)20(34)26-12(7-15(23)28)19(33)27-14(21(35)36)8-16(24)29/h1-5,11-14H,6-9,22H2,(H2,23,28)(H2,24,29)(H,25,32)(H,26,34)(H,27,33)(H,30,31)(H,35,36). The molecule has 36 heavy (non-hydrogen) atoms. The van der Waals surface area contributed by atoms with E-state index < -0.39 is 84.9 Å². The van der Waals surface area contributed by atoms with Crippen LogP contribution in [0.15, 0.2) is 30.3 Å². The van der Waals surface area contributed by atoms with Gasteiger partial charge in [-0.3, -0.25) is 28.8 Å². The quantitative estimate of drug-likeness (QED) is 0.115. The van der Waals surface area contributed by atoms with Crippen LogP contribution in [0.1, 0.15) is 24.8 Å². The molecule has 0 heterocycles. The van der Waals surface area contributed by atoms with Crippen molar-refractivity contribution in [1.82, 2.24) is 16.0 Å². The Morgan fingerprint density at radius 2 is 1.14 bits per heavy atom. The Kier molecular flexibility index (Phi) is 11.5. The average molecular weight is 508 g/mol. The van der Waals surface area contributed by atoms with E-state index in [1.54, 1.807) is 30.3 Å². The number of aliphatic carboxylic acids is 2. The van der Waals surface area contributed by atoms with E-state index in [1.165, 1.54) is 0 Å². The molecule has 0 bridgehead atoms. The lowest BCUT2D eigenvalue weighted by molar-refractivity contribution is -0.144. The van der Waals surface area contributed by atoms with Gasteiger partial charge in [-0.1, -0.05) is 30.3 Å². The van der Waals surface area contributed by atoms with E-state index in [2.05, 4.69) is 10.6 Å². The summed E-state index contributed by atoms with van der Waals surface area (Å²) in [7, 11) is 0. The molecular formula is C21H28N6O9. The maximum Gasteiger partial charge on any atom is 0.326 e. The third kappa shape index (κ3) is 10.6. The van der Waals surface area contributed by atoms with Crippen LogP contribution in [0.4, 0.5) is 0 Å². The highest BCUT2D eigenvalue weighted by atomic mass is 16.4. The normalized spacial score (nSPS) is 13.8. The molecule has 4 atom stereocenters. The van der Waals surface area contributed by atoms with Crippen LogP contribution < -0.4 is 33.2 Å². The minimum atomic E-state index is -1.77. The van der Waals surface area contributed by atoms with Crippen molar-refractivity contribution in [3.8, 4) is 0 Å². The van der Waals surface area contributed by atoms with E-state index in [1.807, 2.05) is 5.32 Å². The Labute approximate surface area is 204 Å². The van der Waals surface area contributed by atoms with Crippen molar-refractivity contribution in [2.45, 2.75) is 49.9 Å². The van der Waals surface area contributed by atoms with Crippen LogP contribution in [-0.4, -0.2) is 75.9 Å². The second kappa shape index (κ2) is 14.0. The number of carbonyl (C=O) groups excluding carboxylic acids is 5. The molecule has 4 unspecified atom stereocenters. The van der Waals surface area contributed by atoms with Crippen molar-refractivity contribution in [2.24, 2.45) is 17.2 Å². The molecule has 0 aromatic heterocycles. The molecule has 1 rings (SSSR count). The number of hydrogen-bond acceptors (Lipinski definition) is 8. The zero-order valence-corrected chi connectivity index (χ0v) is 19.0. The molecule has 1 aromatic carbocycles. The van der Waals surface area contributed by atoms with Crippen LogP contribution in [0, 0.1) is 0 Å². The molecule has 0 radical (unpaired) electrons. The van der Waals surface area contributed by atoms with E-state index in [0.29, 0.717) is 5.56 Å². The molecular weight excluding hydrogens is 480 g/mol. The summed E-state index contributed by atoms with van der Waals surface area (Å²) in [4.78, 5) is 82.7. The number of benzene rings is 1. The number of nitrogens with one attached hydrogen (secondary N) is 3. The van der Waals surface area contributed by atoms with Crippen LogP contribution >= 0.6 is 0 Å². The molecule has 0 aliphatic carbocycles. The highest BCUT2D eigenvalue weighted by Crippen LogP contribution is 2.04. The van der Waals surface area contributed by atoms with E-state index >= 15 is 0 Å². The number of hydrogen-bond donors (Lipinski definition) is 8. The SMILES string of the molecule is NC(=O)CC(NC(=O)C(CC(N)=O)NC(=O)C(CC(=O)O)NC(=O)C(N)Cc1ccccc1)C(=O)O. The largest absolute Gasteiger partial charge is 0.481 e. The van der Waals surface area contributed by atoms with Crippen LogP contribution in [0.2, 0.25) is 0 Å². The number of nitrogens with two attached hydrogens (primary N) is 3. The summed E-state index contributed by atoms with van der Waals surface area (Å²) in [5.74, 6) is -8.46. The summed E-state index contributed by atoms with van der Waals surface area (Å²) in [5.41, 5.74) is 16.6. The minimum Gasteiger partial charge on any atom is -0.481 e. The highest BCUT2D eigenvalue weighted by Gasteiger charge is 2.32. The van der Waals surface area contributed by atoms with E-state index in [4.69, 9.17) is 27.4 Å². The van der Waals surface area contributed by atoms with Gasteiger partial charge in [0.2, 0.25) is 29.5 Å². The maximum absolute atomic E-state index is 12.7. The number of amides is 5. The van der Waals surface area contributed by atoms with Crippen molar-refractivity contribution in [2.75, 3.05) is 0 Å². The third-order valence-electron chi connectivity index (χ3n) is 4.71. The summed E-state index contributed by atoms with van der Waals surface area (Å²) in [6.07, 6.45) is -2.41. The Morgan fingerprint density at radius 1 is 0.694 bits per heavy atom. The smallest absolute Gasteiger partial charge is 0.326 e. The third-order valence-corrected chi connectivity index (χ3v) is 4.71. The molecule has 0 aliphatic heterocycles. The topological polar surface area (TPSA) is 274 Å². The maximum atomic E-state index is 12.7. The molecule has 15 nitrogen and oxygen atoms in total. The summed E-state index contributed by atoms with van der Waals surface area (Å²) >= 11 is 0. The molecule has 0 fully saturated rings. The monoisotopic (exact) mass is 508 g/mol. The summed E-state index contributed by atoms with van der Waals surface area (Å²) in [6, 6.07) is 2.25. The number of rotatable bonds is 15. The Morgan fingerprint density at radius 3 is 1.61 bits per heavy atom. The molecule has 11 N–H and O–H groups in total. The van der Waals surface area contributed by atoms with Crippen LogP contribution in [0.25, 0.3) is 0 Å². The second-order valence-corrected chi connectivity index (χ2v) is 7.76. The molecule has 5 amide bonds. The average Bonchev–Trinajstić information content (AvgIpc) is 2.77. The molecule has 0 spiro atoms. The van der Waals surface area contributed by atoms with Gasteiger partial charge in [0.25, 0.3) is 0 Å². The van der Waals surface area contributed by atoms with Gasteiger partial charge in [0.15, 0.2) is 0 Å². The summed E-state index contributed by atoms with van der Waals surface area (Å²) in [5, 5.41) is 24.5. The Bertz CT molecular complexity index is 1000. The molecule has 1 aromatic rings. The van der Waals surface area contributed by atoms with Crippen LogP contribution in [-0.2, 0) is 40.0 Å². The first-order valence-corrected chi connectivity index (χ1v) is 10.5. The molecule has 196 valence electrons. The lowest BCUT2D eigenvalue weighted by Gasteiger charge is -2.24. The first-order chi connectivity index (χ1) is 16.8. The number of carboxylic acids is 2. The van der Waals surface area contributed by atoms with Crippen molar-refractivity contribution in [3.63, 3.8) is 0 Å². The fraction of sp³-hybridized carbons (Fsp3) is 0.381. The van der Waals surface area contributed by atoms with Gasteiger partial charge in [0, 0.05) is 0 Å². The summed E-state index contributed by atoms with van der Waals surface area (Å²) in [6.45, 7) is 0. The molecule has 15 heteroatoms. The number of carbonyl (C=O) groups is 7. The van der Waals surface area contributed by atoms with Crippen molar-refractivity contribution < 1.29 is 43.8 Å². The zero-order chi connectivity index (χ0) is 27.4. The van der Waals surface area contributed by atoms with Gasteiger partial charge >= 0.3 is 11.9 Å². The number of carboxylic acid groups (broad SMARTS) is 2. The van der Waals surface area contributed by atoms with Gasteiger partial charge in [-0.05, 0) is 12.0 Å². The van der Waals surface area contributed by atoms with Gasteiger partial charge in [0.05, 0.1) is 25.3 Å². The fourth-order valence-corrected chi connectivity index (χ4v) is 2.98.